The van der Waals surface area contributed by atoms with E-state index in [0.717, 1.165) is 11.3 Å². The second kappa shape index (κ2) is 4.73. The predicted octanol–water partition coefficient (Wildman–Crippen LogP) is 1.50. The molecule has 0 bridgehead atoms. The molecule has 0 unspecified atom stereocenters. The number of benzene rings is 1. The SMILES string of the molecule is O=c1scnn1CC#Cc1ccc(F)cc1. The van der Waals surface area contributed by atoms with Crippen molar-refractivity contribution in [2.24, 2.45) is 0 Å². The second-order valence-electron chi connectivity index (χ2n) is 2.97. The summed E-state index contributed by atoms with van der Waals surface area (Å²) in [7, 11) is 0. The van der Waals surface area contributed by atoms with Gasteiger partial charge in [0.15, 0.2) is 0 Å². The van der Waals surface area contributed by atoms with Crippen molar-refractivity contribution in [2.45, 2.75) is 6.54 Å². The van der Waals surface area contributed by atoms with Gasteiger partial charge in [0.1, 0.15) is 17.9 Å². The van der Waals surface area contributed by atoms with E-state index in [9.17, 15) is 9.18 Å². The zero-order valence-electron chi connectivity index (χ0n) is 8.18. The van der Waals surface area contributed by atoms with Gasteiger partial charge in [0, 0.05) is 5.56 Å². The lowest BCUT2D eigenvalue weighted by molar-refractivity contribution is 0.627. The van der Waals surface area contributed by atoms with Crippen molar-refractivity contribution in [3.05, 3.63) is 50.8 Å². The van der Waals surface area contributed by atoms with Gasteiger partial charge in [-0.2, -0.15) is 5.10 Å². The Labute approximate surface area is 95.2 Å². The Morgan fingerprint density at radius 2 is 2.12 bits per heavy atom. The summed E-state index contributed by atoms with van der Waals surface area (Å²) in [6, 6.07) is 5.87. The highest BCUT2D eigenvalue weighted by Gasteiger charge is 1.93. The van der Waals surface area contributed by atoms with E-state index in [1.165, 1.54) is 22.3 Å². The summed E-state index contributed by atoms with van der Waals surface area (Å²) < 4.78 is 13.9. The zero-order chi connectivity index (χ0) is 11.4. The first-order valence-electron chi connectivity index (χ1n) is 4.51. The first kappa shape index (κ1) is 10.6. The Bertz CT molecular complexity index is 589. The standard InChI is InChI=1S/C11H7FN2OS/c12-10-5-3-9(4-6-10)2-1-7-14-11(15)16-8-13-14/h3-6,8H,7H2. The van der Waals surface area contributed by atoms with E-state index in [0.29, 0.717) is 5.56 Å². The normalized spacial score (nSPS) is 9.56. The largest absolute Gasteiger partial charge is 0.325 e. The van der Waals surface area contributed by atoms with Crippen molar-refractivity contribution < 1.29 is 4.39 Å². The number of rotatable bonds is 1. The molecule has 0 N–H and O–H groups in total. The van der Waals surface area contributed by atoms with Crippen LogP contribution < -0.4 is 4.87 Å². The molecule has 3 nitrogen and oxygen atoms in total. The molecule has 1 heterocycles. The van der Waals surface area contributed by atoms with Gasteiger partial charge in [-0.1, -0.05) is 23.2 Å². The fraction of sp³-hybridized carbons (Fsp3) is 0.0909. The van der Waals surface area contributed by atoms with Crippen LogP contribution in [0.1, 0.15) is 5.56 Å². The Morgan fingerprint density at radius 3 is 2.75 bits per heavy atom. The average Bonchev–Trinajstić information content (AvgIpc) is 2.68. The van der Waals surface area contributed by atoms with Crippen LogP contribution in [0.2, 0.25) is 0 Å². The highest BCUT2D eigenvalue weighted by atomic mass is 32.1. The molecular formula is C11H7FN2OS. The van der Waals surface area contributed by atoms with Crippen molar-refractivity contribution in [2.75, 3.05) is 0 Å². The van der Waals surface area contributed by atoms with Gasteiger partial charge in [0.2, 0.25) is 0 Å². The zero-order valence-corrected chi connectivity index (χ0v) is 9.00. The summed E-state index contributed by atoms with van der Waals surface area (Å²) >= 11 is 1.03. The lowest BCUT2D eigenvalue weighted by atomic mass is 10.2. The number of hydrogen-bond donors (Lipinski definition) is 0. The lowest BCUT2D eigenvalue weighted by Gasteiger charge is -1.90. The topological polar surface area (TPSA) is 34.9 Å². The highest BCUT2D eigenvalue weighted by Crippen LogP contribution is 2.00. The smallest absolute Gasteiger partial charge is 0.255 e. The van der Waals surface area contributed by atoms with E-state index >= 15 is 0 Å². The average molecular weight is 234 g/mol. The minimum absolute atomic E-state index is 0.131. The molecule has 2 rings (SSSR count). The molecule has 0 aliphatic heterocycles. The number of halogens is 1. The van der Waals surface area contributed by atoms with Crippen LogP contribution in [0.15, 0.2) is 34.6 Å². The van der Waals surface area contributed by atoms with Crippen molar-refractivity contribution in [3.8, 4) is 11.8 Å². The number of aromatic nitrogens is 2. The Balaban J connectivity index is 2.09. The first-order chi connectivity index (χ1) is 7.75. The van der Waals surface area contributed by atoms with Crippen LogP contribution in [0.3, 0.4) is 0 Å². The molecule has 1 aromatic heterocycles. The molecule has 1 aromatic carbocycles. The van der Waals surface area contributed by atoms with E-state index in [-0.39, 0.29) is 17.2 Å². The molecule has 0 fully saturated rings. The van der Waals surface area contributed by atoms with E-state index in [2.05, 4.69) is 16.9 Å². The molecule has 0 aliphatic rings. The van der Waals surface area contributed by atoms with Gasteiger partial charge in [-0.15, -0.1) is 0 Å². The second-order valence-corrected chi connectivity index (χ2v) is 3.77. The molecule has 2 aromatic rings. The van der Waals surface area contributed by atoms with E-state index in [4.69, 9.17) is 0 Å². The summed E-state index contributed by atoms with van der Waals surface area (Å²) in [6.45, 7) is 0.250. The molecule has 0 amide bonds. The maximum atomic E-state index is 12.6. The van der Waals surface area contributed by atoms with Crippen LogP contribution in [0.25, 0.3) is 0 Å². The van der Waals surface area contributed by atoms with E-state index < -0.39 is 0 Å². The fourth-order valence-electron chi connectivity index (χ4n) is 1.09. The summed E-state index contributed by atoms with van der Waals surface area (Å²) in [5.41, 5.74) is 2.19. The van der Waals surface area contributed by atoms with Crippen LogP contribution >= 0.6 is 11.3 Å². The molecule has 0 radical (unpaired) electrons. The van der Waals surface area contributed by atoms with Gasteiger partial charge < -0.3 is 0 Å². The predicted molar refractivity (Wildman–Crippen MR) is 59.7 cm³/mol. The molecule has 5 heteroatoms. The quantitative estimate of drug-likeness (QED) is 0.701. The van der Waals surface area contributed by atoms with Gasteiger partial charge in [0.25, 0.3) is 0 Å². The Morgan fingerprint density at radius 1 is 1.38 bits per heavy atom. The first-order valence-corrected chi connectivity index (χ1v) is 5.39. The van der Waals surface area contributed by atoms with Gasteiger partial charge in [-0.25, -0.2) is 9.07 Å². The molecule has 80 valence electrons. The third-order valence-electron chi connectivity index (χ3n) is 1.86. The van der Waals surface area contributed by atoms with E-state index in [1.807, 2.05) is 0 Å². The molecule has 0 spiro atoms. The number of nitrogens with zero attached hydrogens (tertiary/aromatic N) is 2. The van der Waals surface area contributed by atoms with Crippen molar-refractivity contribution in [3.63, 3.8) is 0 Å². The maximum absolute atomic E-state index is 12.6. The molecule has 16 heavy (non-hydrogen) atoms. The summed E-state index contributed by atoms with van der Waals surface area (Å²) in [5, 5.41) is 3.82. The Hall–Kier alpha value is -1.93. The summed E-state index contributed by atoms with van der Waals surface area (Å²) in [5.74, 6) is 5.33. The van der Waals surface area contributed by atoms with Crippen molar-refractivity contribution in [1.82, 2.24) is 9.78 Å². The minimum atomic E-state index is -0.290. The summed E-state index contributed by atoms with van der Waals surface area (Å²) in [4.78, 5) is 11.0. The van der Waals surface area contributed by atoms with Crippen LogP contribution in [0.4, 0.5) is 4.39 Å². The van der Waals surface area contributed by atoms with Gasteiger partial charge in [-0.05, 0) is 24.3 Å². The lowest BCUT2D eigenvalue weighted by Crippen LogP contribution is -2.13. The fourth-order valence-corrected chi connectivity index (χ4v) is 1.57. The monoisotopic (exact) mass is 234 g/mol. The molecule has 0 saturated carbocycles. The van der Waals surface area contributed by atoms with Gasteiger partial charge in [-0.3, -0.25) is 4.79 Å². The van der Waals surface area contributed by atoms with Crippen LogP contribution in [-0.4, -0.2) is 9.78 Å². The van der Waals surface area contributed by atoms with E-state index in [1.54, 1.807) is 12.1 Å². The molecule has 0 aliphatic carbocycles. The minimum Gasteiger partial charge on any atom is -0.255 e. The van der Waals surface area contributed by atoms with Crippen LogP contribution in [0, 0.1) is 17.7 Å². The Kier molecular flexibility index (Phi) is 3.13. The van der Waals surface area contributed by atoms with Gasteiger partial charge >= 0.3 is 4.87 Å². The number of hydrogen-bond acceptors (Lipinski definition) is 3. The van der Waals surface area contributed by atoms with Crippen molar-refractivity contribution in [1.29, 1.82) is 0 Å². The highest BCUT2D eigenvalue weighted by molar-refractivity contribution is 7.06. The van der Waals surface area contributed by atoms with Crippen LogP contribution in [0.5, 0.6) is 0 Å². The van der Waals surface area contributed by atoms with Gasteiger partial charge in [0.05, 0.1) is 0 Å². The summed E-state index contributed by atoms with van der Waals surface area (Å²) in [6.07, 6.45) is 0. The third kappa shape index (κ3) is 2.55. The molecular weight excluding hydrogens is 227 g/mol. The molecule has 0 saturated heterocycles. The molecule has 0 atom stereocenters. The maximum Gasteiger partial charge on any atom is 0.325 e. The third-order valence-corrected chi connectivity index (χ3v) is 2.47. The van der Waals surface area contributed by atoms with Crippen molar-refractivity contribution >= 4 is 11.3 Å². The van der Waals surface area contributed by atoms with Crippen LogP contribution in [-0.2, 0) is 6.54 Å².